The van der Waals surface area contributed by atoms with Crippen molar-refractivity contribution in [2.75, 3.05) is 6.61 Å². The molecule has 0 saturated carbocycles. The Bertz CT molecular complexity index is 577. The van der Waals surface area contributed by atoms with Crippen molar-refractivity contribution in [3.05, 3.63) is 54.0 Å². The van der Waals surface area contributed by atoms with Crippen LogP contribution in [0.4, 0.5) is 0 Å². The average Bonchev–Trinajstić information content (AvgIpc) is 3.07. The molecule has 1 aromatic carbocycles. The fourth-order valence-corrected chi connectivity index (χ4v) is 1.94. The van der Waals surface area contributed by atoms with Gasteiger partial charge in [0.1, 0.15) is 17.6 Å². The quantitative estimate of drug-likeness (QED) is 0.825. The summed E-state index contributed by atoms with van der Waals surface area (Å²) in [5.74, 6) is 0.980. The predicted octanol–water partition coefficient (Wildman–Crippen LogP) is 2.92. The maximum absolute atomic E-state index is 12.2. The van der Waals surface area contributed by atoms with Crippen molar-refractivity contribution in [3.63, 3.8) is 0 Å². The number of hydrogen-bond donors (Lipinski definition) is 2. The van der Waals surface area contributed by atoms with Gasteiger partial charge in [0.05, 0.1) is 19.0 Å². The Hall–Kier alpha value is -2.27. The lowest BCUT2D eigenvalue weighted by atomic mass is 10.1. The second kappa shape index (κ2) is 7.66. The fourth-order valence-electron chi connectivity index (χ4n) is 1.94. The largest absolute Gasteiger partial charge is 0.491 e. The predicted molar refractivity (Wildman–Crippen MR) is 82.8 cm³/mol. The van der Waals surface area contributed by atoms with Gasteiger partial charge in [0, 0.05) is 5.56 Å². The minimum atomic E-state index is -0.557. The molecule has 2 N–H and O–H groups in total. The number of hydrogen-bond acceptors (Lipinski definition) is 4. The molecule has 118 valence electrons. The maximum Gasteiger partial charge on any atom is 0.251 e. The van der Waals surface area contributed by atoms with Gasteiger partial charge in [0.2, 0.25) is 0 Å². The zero-order valence-electron chi connectivity index (χ0n) is 12.8. The highest BCUT2D eigenvalue weighted by Crippen LogP contribution is 2.17. The van der Waals surface area contributed by atoms with Crippen LogP contribution in [0.25, 0.3) is 0 Å². The molecule has 2 atom stereocenters. The van der Waals surface area contributed by atoms with Crippen LogP contribution in [0.3, 0.4) is 0 Å². The molecule has 0 bridgehead atoms. The Morgan fingerprint density at radius 1 is 1.32 bits per heavy atom. The van der Waals surface area contributed by atoms with Gasteiger partial charge in [0.25, 0.3) is 5.91 Å². The van der Waals surface area contributed by atoms with Gasteiger partial charge < -0.3 is 19.6 Å². The van der Waals surface area contributed by atoms with Gasteiger partial charge in [-0.25, -0.2) is 0 Å². The number of carbonyl (C=O) groups is 1. The van der Waals surface area contributed by atoms with E-state index in [1.54, 1.807) is 36.4 Å². The Morgan fingerprint density at radius 3 is 2.59 bits per heavy atom. The highest BCUT2D eigenvalue weighted by molar-refractivity contribution is 5.94. The van der Waals surface area contributed by atoms with Crippen LogP contribution in [0.5, 0.6) is 5.75 Å². The molecule has 5 nitrogen and oxygen atoms in total. The SMILES string of the molecule is CCC(C)Oc1ccc(C(=O)NC(CO)c2ccco2)cc1. The van der Waals surface area contributed by atoms with Crippen molar-refractivity contribution in [1.29, 1.82) is 0 Å². The molecule has 1 heterocycles. The molecule has 0 aliphatic heterocycles. The number of nitrogens with one attached hydrogen (secondary N) is 1. The van der Waals surface area contributed by atoms with Crippen molar-refractivity contribution in [2.24, 2.45) is 0 Å². The molecule has 2 unspecified atom stereocenters. The number of carbonyl (C=O) groups excluding carboxylic acids is 1. The minimum absolute atomic E-state index is 0.136. The van der Waals surface area contributed by atoms with Crippen LogP contribution >= 0.6 is 0 Å². The summed E-state index contributed by atoms with van der Waals surface area (Å²) in [7, 11) is 0. The number of furan rings is 1. The Balaban J connectivity index is 2.00. The fraction of sp³-hybridized carbons (Fsp3) is 0.353. The molecule has 0 aliphatic carbocycles. The van der Waals surface area contributed by atoms with E-state index in [9.17, 15) is 9.90 Å². The van der Waals surface area contributed by atoms with Crippen LogP contribution < -0.4 is 10.1 Å². The second-order valence-electron chi connectivity index (χ2n) is 5.09. The molecule has 0 aliphatic rings. The molecule has 1 aromatic heterocycles. The molecular formula is C17H21NO4. The van der Waals surface area contributed by atoms with Gasteiger partial charge in [-0.3, -0.25) is 4.79 Å². The summed E-state index contributed by atoms with van der Waals surface area (Å²) < 4.78 is 10.9. The summed E-state index contributed by atoms with van der Waals surface area (Å²) in [5.41, 5.74) is 0.501. The van der Waals surface area contributed by atoms with Crippen molar-refractivity contribution < 1.29 is 19.1 Å². The monoisotopic (exact) mass is 303 g/mol. The lowest BCUT2D eigenvalue weighted by Gasteiger charge is -2.15. The Morgan fingerprint density at radius 2 is 2.05 bits per heavy atom. The van der Waals surface area contributed by atoms with E-state index in [1.807, 2.05) is 6.92 Å². The normalized spacial score (nSPS) is 13.4. The van der Waals surface area contributed by atoms with Crippen molar-refractivity contribution in [3.8, 4) is 5.75 Å². The van der Waals surface area contributed by atoms with Gasteiger partial charge >= 0.3 is 0 Å². The Labute approximate surface area is 129 Å². The first-order chi connectivity index (χ1) is 10.6. The van der Waals surface area contributed by atoms with E-state index in [0.29, 0.717) is 11.3 Å². The van der Waals surface area contributed by atoms with Crippen LogP contribution in [0.15, 0.2) is 47.1 Å². The summed E-state index contributed by atoms with van der Waals surface area (Å²) in [5, 5.41) is 12.1. The summed E-state index contributed by atoms with van der Waals surface area (Å²) in [6, 6.07) is 9.80. The van der Waals surface area contributed by atoms with Crippen LogP contribution in [-0.4, -0.2) is 23.7 Å². The lowest BCUT2D eigenvalue weighted by Crippen LogP contribution is -2.30. The molecule has 5 heteroatoms. The van der Waals surface area contributed by atoms with E-state index >= 15 is 0 Å². The molecule has 0 spiro atoms. The van der Waals surface area contributed by atoms with Gasteiger partial charge in [-0.2, -0.15) is 0 Å². The minimum Gasteiger partial charge on any atom is -0.491 e. The number of aliphatic hydroxyl groups excluding tert-OH is 1. The first-order valence-electron chi connectivity index (χ1n) is 7.36. The molecule has 2 rings (SSSR count). The first kappa shape index (κ1) is 16.1. The molecule has 0 radical (unpaired) electrons. The highest BCUT2D eigenvalue weighted by Gasteiger charge is 2.17. The van der Waals surface area contributed by atoms with Crippen LogP contribution in [0, 0.1) is 0 Å². The third kappa shape index (κ3) is 4.11. The van der Waals surface area contributed by atoms with Crippen LogP contribution in [-0.2, 0) is 0 Å². The first-order valence-corrected chi connectivity index (χ1v) is 7.36. The van der Waals surface area contributed by atoms with E-state index in [0.717, 1.165) is 12.2 Å². The van der Waals surface area contributed by atoms with Gasteiger partial charge in [-0.15, -0.1) is 0 Å². The topological polar surface area (TPSA) is 71.7 Å². The lowest BCUT2D eigenvalue weighted by molar-refractivity contribution is 0.0907. The van der Waals surface area contributed by atoms with Gasteiger partial charge in [-0.05, 0) is 49.7 Å². The van der Waals surface area contributed by atoms with Crippen LogP contribution in [0.1, 0.15) is 42.4 Å². The number of rotatable bonds is 7. The highest BCUT2D eigenvalue weighted by atomic mass is 16.5. The zero-order valence-corrected chi connectivity index (χ0v) is 12.8. The van der Waals surface area contributed by atoms with Crippen molar-refractivity contribution >= 4 is 5.91 Å². The molecule has 22 heavy (non-hydrogen) atoms. The number of aliphatic hydroxyl groups is 1. The second-order valence-corrected chi connectivity index (χ2v) is 5.09. The molecule has 1 amide bonds. The van der Waals surface area contributed by atoms with E-state index in [2.05, 4.69) is 12.2 Å². The summed E-state index contributed by atoms with van der Waals surface area (Å²) in [6.07, 6.45) is 2.56. The van der Waals surface area contributed by atoms with Crippen molar-refractivity contribution in [2.45, 2.75) is 32.4 Å². The summed E-state index contributed by atoms with van der Waals surface area (Å²) >= 11 is 0. The van der Waals surface area contributed by atoms with E-state index < -0.39 is 6.04 Å². The number of benzene rings is 1. The zero-order chi connectivity index (χ0) is 15.9. The third-order valence-electron chi connectivity index (χ3n) is 3.40. The van der Waals surface area contributed by atoms with E-state index in [-0.39, 0.29) is 18.6 Å². The molecule has 0 fully saturated rings. The number of ether oxygens (including phenoxy) is 1. The molecule has 0 saturated heterocycles. The molecular weight excluding hydrogens is 282 g/mol. The summed E-state index contributed by atoms with van der Waals surface area (Å²) in [6.45, 7) is 3.82. The Kier molecular flexibility index (Phi) is 5.61. The van der Waals surface area contributed by atoms with E-state index in [1.165, 1.54) is 6.26 Å². The average molecular weight is 303 g/mol. The summed E-state index contributed by atoms with van der Waals surface area (Å²) in [4.78, 5) is 12.2. The standard InChI is InChI=1S/C17H21NO4/c1-3-12(2)22-14-8-6-13(7-9-14)17(20)18-15(11-19)16-5-4-10-21-16/h4-10,12,15,19H,3,11H2,1-2H3,(H,18,20). The maximum atomic E-state index is 12.2. The number of amides is 1. The van der Waals surface area contributed by atoms with Crippen molar-refractivity contribution in [1.82, 2.24) is 5.32 Å². The third-order valence-corrected chi connectivity index (χ3v) is 3.40. The van der Waals surface area contributed by atoms with Crippen LogP contribution in [0.2, 0.25) is 0 Å². The molecule has 2 aromatic rings. The smallest absolute Gasteiger partial charge is 0.251 e. The van der Waals surface area contributed by atoms with E-state index in [4.69, 9.17) is 9.15 Å². The van der Waals surface area contributed by atoms with Gasteiger partial charge in [0.15, 0.2) is 0 Å². The van der Waals surface area contributed by atoms with Gasteiger partial charge in [-0.1, -0.05) is 6.92 Å².